The van der Waals surface area contributed by atoms with Gasteiger partial charge in [-0.15, -0.1) is 0 Å². The topological polar surface area (TPSA) is 215 Å². The summed E-state index contributed by atoms with van der Waals surface area (Å²) in [5, 5.41) is 19.7. The zero-order chi connectivity index (χ0) is 35.1. The van der Waals surface area contributed by atoms with E-state index >= 15 is 0 Å². The molecule has 0 radical (unpaired) electrons. The fourth-order valence-corrected chi connectivity index (χ4v) is 5.50. The van der Waals surface area contributed by atoms with E-state index in [9.17, 15) is 29.1 Å². The molecule has 256 valence electrons. The first-order chi connectivity index (χ1) is 22.9. The van der Waals surface area contributed by atoms with Gasteiger partial charge in [-0.3, -0.25) is 24.0 Å². The fraction of sp³-hybridized carbons (Fsp3) is 0.324. The second-order valence-corrected chi connectivity index (χ2v) is 12.1. The zero-order valence-corrected chi connectivity index (χ0v) is 27.6. The maximum absolute atomic E-state index is 13.4. The van der Waals surface area contributed by atoms with Crippen LogP contribution in [0.3, 0.4) is 0 Å². The van der Waals surface area contributed by atoms with E-state index in [1.807, 2.05) is 30.3 Å². The van der Waals surface area contributed by atoms with Crippen LogP contribution in [0.15, 0.2) is 78.9 Å². The Morgan fingerprint density at radius 3 is 2.02 bits per heavy atom. The van der Waals surface area contributed by atoms with Crippen LogP contribution in [0.1, 0.15) is 23.6 Å². The number of thioether (sulfide) groups is 1. The van der Waals surface area contributed by atoms with Gasteiger partial charge in [0.15, 0.2) is 0 Å². The minimum Gasteiger partial charge on any atom is -0.508 e. The molecule has 0 saturated carbocycles. The van der Waals surface area contributed by atoms with Crippen molar-refractivity contribution in [1.82, 2.24) is 21.3 Å². The highest BCUT2D eigenvalue weighted by Gasteiger charge is 2.27. The molecular formula is C34H42N6O7S. The average Bonchev–Trinajstić information content (AvgIpc) is 3.07. The number of hydrogen-bond acceptors (Lipinski definition) is 9. The molecule has 0 aromatic heterocycles. The van der Waals surface area contributed by atoms with E-state index in [4.69, 9.17) is 16.2 Å². The number of nitrogens with two attached hydrogens (primary N) is 2. The van der Waals surface area contributed by atoms with E-state index in [0.717, 1.165) is 22.4 Å². The Labute approximate surface area is 283 Å². The van der Waals surface area contributed by atoms with Crippen LogP contribution in [-0.4, -0.2) is 78.2 Å². The zero-order valence-electron chi connectivity index (χ0n) is 26.8. The summed E-state index contributed by atoms with van der Waals surface area (Å²) < 4.78 is 5.17. The first-order valence-corrected chi connectivity index (χ1v) is 16.4. The Bertz CT molecular complexity index is 1520. The molecule has 3 aromatic carbocycles. The number of phenolic OH excluding ortho intramolecular Hbond substituents is 1. The second-order valence-electron chi connectivity index (χ2n) is 11.1. The van der Waals surface area contributed by atoms with Crippen molar-refractivity contribution in [2.45, 2.75) is 49.7 Å². The van der Waals surface area contributed by atoms with Gasteiger partial charge in [-0.05, 0) is 54.3 Å². The lowest BCUT2D eigenvalue weighted by atomic mass is 10.0. The van der Waals surface area contributed by atoms with Gasteiger partial charge in [-0.1, -0.05) is 54.6 Å². The molecule has 0 spiro atoms. The van der Waals surface area contributed by atoms with Crippen molar-refractivity contribution in [3.8, 4) is 11.5 Å². The van der Waals surface area contributed by atoms with Crippen LogP contribution >= 0.6 is 11.8 Å². The van der Waals surface area contributed by atoms with Crippen LogP contribution in [0.25, 0.3) is 0 Å². The average molecular weight is 679 g/mol. The number of nitrogens with one attached hydrogen (secondary N) is 4. The highest BCUT2D eigenvalue weighted by molar-refractivity contribution is 7.98. The second kappa shape index (κ2) is 18.9. The first kappa shape index (κ1) is 37.4. The monoisotopic (exact) mass is 678 g/mol. The van der Waals surface area contributed by atoms with Crippen molar-refractivity contribution in [2.75, 3.05) is 19.4 Å². The van der Waals surface area contributed by atoms with Crippen molar-refractivity contribution in [1.29, 1.82) is 0 Å². The number of primary amides is 1. The van der Waals surface area contributed by atoms with E-state index < -0.39 is 60.2 Å². The van der Waals surface area contributed by atoms with Crippen LogP contribution in [0.2, 0.25) is 0 Å². The Morgan fingerprint density at radius 1 is 0.771 bits per heavy atom. The molecular weight excluding hydrogens is 636 g/mol. The van der Waals surface area contributed by atoms with Gasteiger partial charge < -0.3 is 42.6 Å². The summed E-state index contributed by atoms with van der Waals surface area (Å²) in [5.74, 6) is -1.62. The van der Waals surface area contributed by atoms with E-state index in [-0.39, 0.29) is 24.3 Å². The van der Waals surface area contributed by atoms with Crippen LogP contribution in [0.5, 0.6) is 11.5 Å². The smallest absolute Gasteiger partial charge is 0.243 e. The highest BCUT2D eigenvalue weighted by Crippen LogP contribution is 2.17. The highest BCUT2D eigenvalue weighted by atomic mass is 32.2. The van der Waals surface area contributed by atoms with Crippen LogP contribution in [0, 0.1) is 0 Å². The summed E-state index contributed by atoms with van der Waals surface area (Å²) in [6.45, 7) is 0.967. The fourth-order valence-electron chi connectivity index (χ4n) is 4.47. The van der Waals surface area contributed by atoms with Gasteiger partial charge in [-0.2, -0.15) is 11.8 Å². The van der Waals surface area contributed by atoms with Gasteiger partial charge in [0.1, 0.15) is 29.6 Å². The summed E-state index contributed by atoms with van der Waals surface area (Å²) in [7, 11) is 1.58. The molecule has 3 rings (SSSR count). The molecule has 0 bridgehead atoms. The normalized spacial score (nSPS) is 13.2. The van der Waals surface area contributed by atoms with Gasteiger partial charge in [-0.25, -0.2) is 0 Å². The SMILES string of the molecule is COc1ccc(CSC[C@H](NC(=O)[C@H](Cc2ccccc2)NC(=O)CNC(=O)[C@@H](C)NC(=O)[C@@H](N)Cc2ccc(O)cc2)C(N)=O)cc1. The summed E-state index contributed by atoms with van der Waals surface area (Å²) in [6.07, 6.45) is 0.300. The molecule has 3 aromatic rings. The molecule has 9 N–H and O–H groups in total. The van der Waals surface area contributed by atoms with Crippen molar-refractivity contribution in [2.24, 2.45) is 11.5 Å². The largest absolute Gasteiger partial charge is 0.508 e. The van der Waals surface area contributed by atoms with E-state index in [1.165, 1.54) is 30.8 Å². The van der Waals surface area contributed by atoms with E-state index in [2.05, 4.69) is 21.3 Å². The van der Waals surface area contributed by atoms with E-state index in [1.54, 1.807) is 43.5 Å². The number of ether oxygens (including phenoxy) is 1. The molecule has 0 aliphatic heterocycles. The number of phenols is 1. The van der Waals surface area contributed by atoms with Gasteiger partial charge in [0.2, 0.25) is 29.5 Å². The molecule has 14 heteroatoms. The number of amides is 5. The molecule has 4 atom stereocenters. The molecule has 0 heterocycles. The first-order valence-electron chi connectivity index (χ1n) is 15.2. The predicted octanol–water partition coefficient (Wildman–Crippen LogP) is 0.523. The Hall–Kier alpha value is -5.08. The van der Waals surface area contributed by atoms with E-state index in [0.29, 0.717) is 5.75 Å². The number of carbonyl (C=O) groups excluding carboxylic acids is 5. The van der Waals surface area contributed by atoms with Crippen molar-refractivity contribution >= 4 is 41.3 Å². The molecule has 0 saturated heterocycles. The number of hydrogen-bond donors (Lipinski definition) is 7. The quantitative estimate of drug-likeness (QED) is 0.0997. The lowest BCUT2D eigenvalue weighted by Gasteiger charge is -2.22. The number of rotatable bonds is 18. The van der Waals surface area contributed by atoms with Crippen LogP contribution in [-0.2, 0) is 42.6 Å². The number of carbonyl (C=O) groups is 5. The van der Waals surface area contributed by atoms with Crippen LogP contribution in [0.4, 0.5) is 0 Å². The molecule has 5 amide bonds. The lowest BCUT2D eigenvalue weighted by Crippen LogP contribution is -2.56. The van der Waals surface area contributed by atoms with Gasteiger partial charge in [0.25, 0.3) is 0 Å². The number of methoxy groups -OCH3 is 1. The molecule has 0 aliphatic carbocycles. The van der Waals surface area contributed by atoms with Gasteiger partial charge in [0, 0.05) is 17.9 Å². The number of aromatic hydroxyl groups is 1. The number of benzene rings is 3. The minimum atomic E-state index is -1.08. The Morgan fingerprint density at radius 2 is 1.40 bits per heavy atom. The summed E-state index contributed by atoms with van der Waals surface area (Å²) >= 11 is 1.41. The third-order valence-corrected chi connectivity index (χ3v) is 8.32. The summed E-state index contributed by atoms with van der Waals surface area (Å²) in [6, 6.07) is 18.6. The van der Waals surface area contributed by atoms with Crippen molar-refractivity contribution in [3.63, 3.8) is 0 Å². The Balaban J connectivity index is 1.54. The predicted molar refractivity (Wildman–Crippen MR) is 183 cm³/mol. The third-order valence-electron chi connectivity index (χ3n) is 7.21. The lowest BCUT2D eigenvalue weighted by molar-refractivity contribution is -0.132. The van der Waals surface area contributed by atoms with Crippen molar-refractivity contribution < 1.29 is 33.8 Å². The molecule has 0 aliphatic rings. The summed E-state index contributed by atoms with van der Waals surface area (Å²) in [4.78, 5) is 63.7. The van der Waals surface area contributed by atoms with Crippen LogP contribution < -0.4 is 37.5 Å². The molecule has 0 unspecified atom stereocenters. The Kier molecular flexibility index (Phi) is 14.7. The summed E-state index contributed by atoms with van der Waals surface area (Å²) in [5.41, 5.74) is 14.1. The third kappa shape index (κ3) is 12.6. The van der Waals surface area contributed by atoms with Crippen molar-refractivity contribution in [3.05, 3.63) is 95.6 Å². The standard InChI is InChI=1S/C34H42N6O7S/c1-21(38-33(45)27(35)16-23-8-12-25(41)13-9-23)32(44)37-18-30(42)39-28(17-22-6-4-3-5-7-22)34(46)40-29(31(36)43)20-48-19-24-10-14-26(47-2)15-11-24/h3-15,21,27-29,41H,16-20,35H2,1-2H3,(H2,36,43)(H,37,44)(H,38,45)(H,39,42)(H,40,46)/t21-,27+,28+,29+/m1/s1. The van der Waals surface area contributed by atoms with Gasteiger partial charge in [0.05, 0.1) is 19.7 Å². The molecule has 13 nitrogen and oxygen atoms in total. The van der Waals surface area contributed by atoms with Gasteiger partial charge >= 0.3 is 0 Å². The minimum absolute atomic E-state index is 0.0868. The molecule has 48 heavy (non-hydrogen) atoms. The maximum Gasteiger partial charge on any atom is 0.243 e. The maximum atomic E-state index is 13.4. The molecule has 0 fully saturated rings.